The molecule has 1 heterocycles. The third-order valence-electron chi connectivity index (χ3n) is 3.29. The van der Waals surface area contributed by atoms with Crippen LogP contribution in [0.15, 0.2) is 17.1 Å². The van der Waals surface area contributed by atoms with Gasteiger partial charge in [0.2, 0.25) is 5.43 Å². The van der Waals surface area contributed by atoms with Crippen LogP contribution in [0.4, 0.5) is 0 Å². The van der Waals surface area contributed by atoms with Crippen LogP contribution in [0.1, 0.15) is 19.0 Å². The lowest BCUT2D eigenvalue weighted by molar-refractivity contribution is -0.145. The number of aliphatic carboxylic acids is 1. The quantitative estimate of drug-likeness (QED) is 0.316. The molecule has 21 heavy (non-hydrogen) atoms. The summed E-state index contributed by atoms with van der Waals surface area (Å²) in [4.78, 5) is 22.7. The van der Waals surface area contributed by atoms with Crippen LogP contribution < -0.4 is 16.3 Å². The molecule has 0 spiro atoms. The molecule has 1 unspecified atom stereocenters. The maximum Gasteiger partial charge on any atom is 0.324 e. The first kappa shape index (κ1) is 16.8. The summed E-state index contributed by atoms with van der Waals surface area (Å²) in [6, 6.07) is 1.24. The van der Waals surface area contributed by atoms with Gasteiger partial charge in [-0.25, -0.2) is 10.9 Å². The van der Waals surface area contributed by atoms with Gasteiger partial charge in [0.25, 0.3) is 0 Å². The van der Waals surface area contributed by atoms with E-state index in [2.05, 4.69) is 16.8 Å². The number of terminal acetylenes is 1. The predicted octanol–water partition coefficient (Wildman–Crippen LogP) is -0.177. The van der Waals surface area contributed by atoms with Gasteiger partial charge >= 0.3 is 5.97 Å². The summed E-state index contributed by atoms with van der Waals surface area (Å²) in [7, 11) is 0. The van der Waals surface area contributed by atoms with E-state index < -0.39 is 16.9 Å². The standard InChI is InChI=1S/C14H19N3O4/c1-4-7-15-16-14(3,13(20)21)6-9-17-8-5-11(18)12(19)10(17)2/h1,5,8,15-16,19H,6-7,9H2,2-3H3,(H,20,21). The Morgan fingerprint density at radius 2 is 2.24 bits per heavy atom. The third kappa shape index (κ3) is 4.08. The Bertz CT molecular complexity index is 618. The highest BCUT2D eigenvalue weighted by molar-refractivity contribution is 5.78. The minimum Gasteiger partial charge on any atom is -0.503 e. The van der Waals surface area contributed by atoms with E-state index in [1.54, 1.807) is 11.5 Å². The molecule has 7 nitrogen and oxygen atoms in total. The molecule has 0 saturated heterocycles. The number of nitrogens with zero attached hydrogens (tertiary/aromatic N) is 1. The van der Waals surface area contributed by atoms with Crippen LogP contribution in [0, 0.1) is 19.3 Å². The van der Waals surface area contributed by atoms with Crippen molar-refractivity contribution in [2.75, 3.05) is 6.54 Å². The fourth-order valence-corrected chi connectivity index (χ4v) is 1.76. The highest BCUT2D eigenvalue weighted by atomic mass is 16.4. The van der Waals surface area contributed by atoms with Crippen LogP contribution in [-0.4, -0.2) is 32.8 Å². The monoisotopic (exact) mass is 293 g/mol. The van der Waals surface area contributed by atoms with Gasteiger partial charge in [0.15, 0.2) is 5.75 Å². The van der Waals surface area contributed by atoms with Crippen molar-refractivity contribution in [3.05, 3.63) is 28.2 Å². The Kier molecular flexibility index (Phi) is 5.52. The largest absolute Gasteiger partial charge is 0.503 e. The van der Waals surface area contributed by atoms with E-state index in [1.165, 1.54) is 19.2 Å². The number of hydrogen-bond acceptors (Lipinski definition) is 5. The zero-order valence-corrected chi connectivity index (χ0v) is 12.0. The van der Waals surface area contributed by atoms with Crippen LogP contribution in [0.25, 0.3) is 0 Å². The second kappa shape index (κ2) is 6.92. The Balaban J connectivity index is 2.83. The van der Waals surface area contributed by atoms with Crippen molar-refractivity contribution in [1.29, 1.82) is 0 Å². The minimum atomic E-state index is -1.23. The molecule has 4 N–H and O–H groups in total. The molecule has 0 amide bonds. The molecule has 7 heteroatoms. The second-order valence-corrected chi connectivity index (χ2v) is 4.88. The van der Waals surface area contributed by atoms with Crippen LogP contribution in [-0.2, 0) is 11.3 Å². The van der Waals surface area contributed by atoms with Gasteiger partial charge in [0, 0.05) is 18.8 Å². The van der Waals surface area contributed by atoms with Gasteiger partial charge in [-0.3, -0.25) is 9.59 Å². The van der Waals surface area contributed by atoms with Gasteiger partial charge in [0.05, 0.1) is 12.2 Å². The molecule has 0 aromatic carbocycles. The molecular weight excluding hydrogens is 274 g/mol. The van der Waals surface area contributed by atoms with E-state index in [-0.39, 0.29) is 18.7 Å². The maximum absolute atomic E-state index is 11.4. The summed E-state index contributed by atoms with van der Waals surface area (Å²) < 4.78 is 1.63. The lowest BCUT2D eigenvalue weighted by atomic mass is 9.99. The highest BCUT2D eigenvalue weighted by Crippen LogP contribution is 2.14. The zero-order chi connectivity index (χ0) is 16.0. The number of hydrogen-bond donors (Lipinski definition) is 4. The lowest BCUT2D eigenvalue weighted by Gasteiger charge is -2.27. The Labute approximate surface area is 122 Å². The number of carbonyl (C=O) groups is 1. The topological polar surface area (TPSA) is 104 Å². The molecule has 1 rings (SSSR count). The molecule has 0 radical (unpaired) electrons. The summed E-state index contributed by atoms with van der Waals surface area (Å²) >= 11 is 0. The molecule has 114 valence electrons. The fraction of sp³-hybridized carbons (Fsp3) is 0.429. The van der Waals surface area contributed by atoms with Gasteiger partial charge in [-0.15, -0.1) is 6.42 Å². The van der Waals surface area contributed by atoms with E-state index in [0.717, 1.165) is 0 Å². The number of carboxylic acid groups (broad SMARTS) is 1. The number of aromatic hydroxyl groups is 1. The van der Waals surface area contributed by atoms with Crippen molar-refractivity contribution in [3.8, 4) is 18.1 Å². The summed E-state index contributed by atoms with van der Waals surface area (Å²) in [5.74, 6) is 0.978. The second-order valence-electron chi connectivity index (χ2n) is 4.88. The molecule has 0 fully saturated rings. The van der Waals surface area contributed by atoms with Crippen molar-refractivity contribution in [2.24, 2.45) is 0 Å². The fourth-order valence-electron chi connectivity index (χ4n) is 1.76. The van der Waals surface area contributed by atoms with Crippen molar-refractivity contribution >= 4 is 5.97 Å². The number of aryl methyl sites for hydroxylation is 1. The molecule has 0 aliphatic carbocycles. The number of carboxylic acids is 1. The summed E-state index contributed by atoms with van der Waals surface area (Å²) in [6.07, 6.45) is 6.84. The van der Waals surface area contributed by atoms with E-state index in [9.17, 15) is 19.8 Å². The minimum absolute atomic E-state index is 0.195. The molecule has 0 aliphatic heterocycles. The molecule has 1 atom stereocenters. The average Bonchev–Trinajstić information content (AvgIpc) is 2.44. The highest BCUT2D eigenvalue weighted by Gasteiger charge is 2.32. The van der Waals surface area contributed by atoms with Gasteiger partial charge in [-0.2, -0.15) is 0 Å². The van der Waals surface area contributed by atoms with Crippen molar-refractivity contribution < 1.29 is 15.0 Å². The predicted molar refractivity (Wildman–Crippen MR) is 77.7 cm³/mol. The van der Waals surface area contributed by atoms with Crippen molar-refractivity contribution in [1.82, 2.24) is 15.4 Å². The number of hydrazine groups is 1. The Morgan fingerprint density at radius 3 is 2.81 bits per heavy atom. The average molecular weight is 293 g/mol. The zero-order valence-electron chi connectivity index (χ0n) is 12.0. The molecule has 0 saturated carbocycles. The Morgan fingerprint density at radius 1 is 1.57 bits per heavy atom. The molecular formula is C14H19N3O4. The van der Waals surface area contributed by atoms with E-state index in [1.807, 2.05) is 0 Å². The van der Waals surface area contributed by atoms with Gasteiger partial charge < -0.3 is 14.8 Å². The van der Waals surface area contributed by atoms with E-state index in [4.69, 9.17) is 6.42 Å². The van der Waals surface area contributed by atoms with E-state index in [0.29, 0.717) is 12.2 Å². The van der Waals surface area contributed by atoms with Crippen LogP contribution >= 0.6 is 0 Å². The van der Waals surface area contributed by atoms with Crippen LogP contribution in [0.5, 0.6) is 5.75 Å². The summed E-state index contributed by atoms with van der Waals surface area (Å²) in [5.41, 5.74) is 4.04. The Hall–Kier alpha value is -2.30. The van der Waals surface area contributed by atoms with Crippen molar-refractivity contribution in [2.45, 2.75) is 32.4 Å². The number of aromatic nitrogens is 1. The first-order valence-corrected chi connectivity index (χ1v) is 6.37. The van der Waals surface area contributed by atoms with Gasteiger partial charge in [0.1, 0.15) is 5.54 Å². The SMILES string of the molecule is C#CCNNC(C)(CCn1ccc(=O)c(O)c1C)C(=O)O. The number of nitrogens with one attached hydrogen (secondary N) is 2. The summed E-state index contributed by atoms with van der Waals surface area (Å²) in [5, 5.41) is 18.9. The number of pyridine rings is 1. The van der Waals surface area contributed by atoms with Crippen LogP contribution in [0.3, 0.4) is 0 Å². The summed E-state index contributed by atoms with van der Waals surface area (Å²) in [6.45, 7) is 3.63. The molecule has 1 aromatic rings. The number of rotatable bonds is 7. The molecule has 0 bridgehead atoms. The lowest BCUT2D eigenvalue weighted by Crippen LogP contribution is -2.56. The normalized spacial score (nSPS) is 13.4. The third-order valence-corrected chi connectivity index (χ3v) is 3.29. The first-order chi connectivity index (χ1) is 9.81. The van der Waals surface area contributed by atoms with Gasteiger partial charge in [-0.1, -0.05) is 5.92 Å². The van der Waals surface area contributed by atoms with Gasteiger partial charge in [-0.05, 0) is 20.3 Å². The van der Waals surface area contributed by atoms with Crippen molar-refractivity contribution in [3.63, 3.8) is 0 Å². The smallest absolute Gasteiger partial charge is 0.324 e. The first-order valence-electron chi connectivity index (χ1n) is 6.37. The molecule has 0 aliphatic rings. The van der Waals surface area contributed by atoms with Crippen LogP contribution in [0.2, 0.25) is 0 Å². The molecule has 1 aromatic heterocycles. The van der Waals surface area contributed by atoms with E-state index >= 15 is 0 Å². The maximum atomic E-state index is 11.4.